The number of hydrogen-bond acceptors (Lipinski definition) is 0. The second kappa shape index (κ2) is 3.10. The van der Waals surface area contributed by atoms with Crippen molar-refractivity contribution in [2.75, 3.05) is 0 Å². The highest BCUT2D eigenvalue weighted by Crippen LogP contribution is 2.43. The van der Waals surface area contributed by atoms with Gasteiger partial charge in [-0.2, -0.15) is 0 Å². The van der Waals surface area contributed by atoms with Crippen molar-refractivity contribution in [3.63, 3.8) is 0 Å². The summed E-state index contributed by atoms with van der Waals surface area (Å²) < 4.78 is 0. The molecule has 0 unspecified atom stereocenters. The summed E-state index contributed by atoms with van der Waals surface area (Å²) in [6.45, 7) is 0. The maximum Gasteiger partial charge on any atom is 0.0778 e. The first-order valence-corrected chi connectivity index (χ1v) is 4.96. The summed E-state index contributed by atoms with van der Waals surface area (Å²) in [5.74, 6) is 0.664. The van der Waals surface area contributed by atoms with E-state index in [1.54, 1.807) is 0 Å². The average molecular weight is 222 g/mol. The number of hydrogen-bond donors (Lipinski definition) is 0. The molecule has 3 heteroatoms. The summed E-state index contributed by atoms with van der Waals surface area (Å²) >= 11 is 17.6. The van der Waals surface area contributed by atoms with Crippen LogP contribution in [0.5, 0.6) is 0 Å². The van der Waals surface area contributed by atoms with Crippen molar-refractivity contribution >= 4 is 34.8 Å². The Morgan fingerprint density at radius 2 is 1.50 bits per heavy atom. The lowest BCUT2D eigenvalue weighted by Crippen LogP contribution is -1.80. The van der Waals surface area contributed by atoms with E-state index in [1.165, 1.54) is 18.4 Å². The smallest absolute Gasteiger partial charge is 0.0778 e. The van der Waals surface area contributed by atoms with E-state index in [-0.39, 0.29) is 0 Å². The molecule has 0 saturated heterocycles. The van der Waals surface area contributed by atoms with Gasteiger partial charge in [0.2, 0.25) is 0 Å². The lowest BCUT2D eigenvalue weighted by Gasteiger charge is -2.02. The fraction of sp³-hybridized carbons (Fsp3) is 0.333. The zero-order valence-corrected chi connectivity index (χ0v) is 8.55. The fourth-order valence-corrected chi connectivity index (χ4v) is 1.84. The molecule has 0 aliphatic heterocycles. The van der Waals surface area contributed by atoms with Crippen LogP contribution in [-0.4, -0.2) is 0 Å². The second-order valence-corrected chi connectivity index (χ2v) is 4.27. The van der Waals surface area contributed by atoms with Crippen molar-refractivity contribution in [2.24, 2.45) is 0 Å². The highest BCUT2D eigenvalue weighted by atomic mass is 35.5. The molecule has 2 rings (SSSR count). The summed E-state index contributed by atoms with van der Waals surface area (Å²) in [6.07, 6.45) is 2.49. The minimum absolute atomic E-state index is 0.461. The van der Waals surface area contributed by atoms with Gasteiger partial charge in [0.15, 0.2) is 0 Å². The molecule has 0 nitrogen and oxygen atoms in total. The first kappa shape index (κ1) is 8.68. The molecule has 0 N–H and O–H groups in total. The van der Waals surface area contributed by atoms with Crippen molar-refractivity contribution in [1.29, 1.82) is 0 Å². The van der Waals surface area contributed by atoms with Crippen LogP contribution in [0.4, 0.5) is 0 Å². The zero-order chi connectivity index (χ0) is 8.72. The van der Waals surface area contributed by atoms with Crippen LogP contribution in [0.2, 0.25) is 15.1 Å². The molecular formula is C9H7Cl3. The predicted octanol–water partition coefficient (Wildman–Crippen LogP) is 4.52. The minimum atomic E-state index is 0.461. The van der Waals surface area contributed by atoms with Gasteiger partial charge < -0.3 is 0 Å². The summed E-state index contributed by atoms with van der Waals surface area (Å²) in [7, 11) is 0. The molecule has 1 aromatic rings. The number of rotatable bonds is 1. The predicted molar refractivity (Wildman–Crippen MR) is 53.4 cm³/mol. The van der Waals surface area contributed by atoms with Crippen molar-refractivity contribution in [1.82, 2.24) is 0 Å². The van der Waals surface area contributed by atoms with E-state index in [0.717, 1.165) is 0 Å². The molecule has 64 valence electrons. The molecule has 0 amide bonds. The molecule has 12 heavy (non-hydrogen) atoms. The van der Waals surface area contributed by atoms with Crippen LogP contribution in [0.1, 0.15) is 24.3 Å². The van der Waals surface area contributed by atoms with E-state index in [0.29, 0.717) is 21.0 Å². The van der Waals surface area contributed by atoms with Crippen molar-refractivity contribution in [3.05, 3.63) is 32.8 Å². The van der Waals surface area contributed by atoms with Gasteiger partial charge in [-0.05, 0) is 36.5 Å². The van der Waals surface area contributed by atoms with Gasteiger partial charge in [-0.15, -0.1) is 0 Å². The molecule has 1 fully saturated rings. The SMILES string of the molecule is Clc1cc(C2CC2)cc(Cl)c1Cl. The molecule has 0 aromatic heterocycles. The Kier molecular flexibility index (Phi) is 2.24. The Labute approximate surface area is 86.4 Å². The fourth-order valence-electron chi connectivity index (χ4n) is 1.23. The summed E-state index contributed by atoms with van der Waals surface area (Å²) in [5.41, 5.74) is 1.22. The summed E-state index contributed by atoms with van der Waals surface area (Å²) in [6, 6.07) is 3.82. The monoisotopic (exact) mass is 220 g/mol. The largest absolute Gasteiger partial charge is 0.0826 e. The Hall–Kier alpha value is 0.0900. The average Bonchev–Trinajstić information content (AvgIpc) is 2.81. The molecule has 1 aliphatic carbocycles. The van der Waals surface area contributed by atoms with Gasteiger partial charge in [-0.1, -0.05) is 34.8 Å². The number of benzene rings is 1. The molecular weight excluding hydrogens is 214 g/mol. The summed E-state index contributed by atoms with van der Waals surface area (Å²) in [5, 5.41) is 1.58. The van der Waals surface area contributed by atoms with E-state index < -0.39 is 0 Å². The van der Waals surface area contributed by atoms with Crippen LogP contribution in [0.15, 0.2) is 12.1 Å². The lowest BCUT2D eigenvalue weighted by molar-refractivity contribution is 1.13. The number of halogens is 3. The minimum Gasteiger partial charge on any atom is -0.0826 e. The van der Waals surface area contributed by atoms with Crippen LogP contribution in [0, 0.1) is 0 Å². The Morgan fingerprint density at radius 1 is 1.00 bits per heavy atom. The third kappa shape index (κ3) is 1.56. The molecule has 1 aromatic carbocycles. The van der Waals surface area contributed by atoms with Crippen LogP contribution >= 0.6 is 34.8 Å². The molecule has 0 radical (unpaired) electrons. The maximum atomic E-state index is 5.87. The molecule has 0 atom stereocenters. The first-order chi connectivity index (χ1) is 5.68. The standard InChI is InChI=1S/C9H7Cl3/c10-7-3-6(5-1-2-5)4-8(11)9(7)12/h3-5H,1-2H2. The molecule has 1 saturated carbocycles. The lowest BCUT2D eigenvalue weighted by atomic mass is 10.1. The van der Waals surface area contributed by atoms with Crippen LogP contribution in [0.25, 0.3) is 0 Å². The maximum absolute atomic E-state index is 5.87. The van der Waals surface area contributed by atoms with Crippen LogP contribution in [-0.2, 0) is 0 Å². The van der Waals surface area contributed by atoms with E-state index in [1.807, 2.05) is 12.1 Å². The van der Waals surface area contributed by atoms with E-state index in [9.17, 15) is 0 Å². The van der Waals surface area contributed by atoms with E-state index in [2.05, 4.69) is 0 Å². The highest BCUT2D eigenvalue weighted by Gasteiger charge is 2.24. The van der Waals surface area contributed by atoms with Crippen molar-refractivity contribution in [3.8, 4) is 0 Å². The zero-order valence-electron chi connectivity index (χ0n) is 6.28. The summed E-state index contributed by atoms with van der Waals surface area (Å²) in [4.78, 5) is 0. The topological polar surface area (TPSA) is 0 Å². The van der Waals surface area contributed by atoms with Gasteiger partial charge in [-0.3, -0.25) is 0 Å². The molecule has 0 heterocycles. The molecule has 0 bridgehead atoms. The third-order valence-electron chi connectivity index (χ3n) is 2.05. The normalized spacial score (nSPS) is 16.6. The van der Waals surface area contributed by atoms with Crippen LogP contribution in [0.3, 0.4) is 0 Å². The Morgan fingerprint density at radius 3 is 1.92 bits per heavy atom. The van der Waals surface area contributed by atoms with Crippen molar-refractivity contribution in [2.45, 2.75) is 18.8 Å². The first-order valence-electron chi connectivity index (χ1n) is 3.83. The van der Waals surface area contributed by atoms with Gasteiger partial charge in [0.05, 0.1) is 15.1 Å². The van der Waals surface area contributed by atoms with Gasteiger partial charge in [0, 0.05) is 0 Å². The van der Waals surface area contributed by atoms with Gasteiger partial charge in [0.1, 0.15) is 0 Å². The Balaban J connectivity index is 2.45. The van der Waals surface area contributed by atoms with E-state index >= 15 is 0 Å². The van der Waals surface area contributed by atoms with Crippen LogP contribution < -0.4 is 0 Å². The molecule has 0 spiro atoms. The second-order valence-electron chi connectivity index (χ2n) is 3.07. The van der Waals surface area contributed by atoms with Gasteiger partial charge in [0.25, 0.3) is 0 Å². The van der Waals surface area contributed by atoms with Gasteiger partial charge in [-0.25, -0.2) is 0 Å². The Bertz CT molecular complexity index is 293. The van der Waals surface area contributed by atoms with Gasteiger partial charge >= 0.3 is 0 Å². The highest BCUT2D eigenvalue weighted by molar-refractivity contribution is 6.48. The van der Waals surface area contributed by atoms with E-state index in [4.69, 9.17) is 34.8 Å². The molecule has 1 aliphatic rings. The quantitative estimate of drug-likeness (QED) is 0.612. The third-order valence-corrected chi connectivity index (χ3v) is 3.25. The van der Waals surface area contributed by atoms with Crippen molar-refractivity contribution < 1.29 is 0 Å².